The van der Waals surface area contributed by atoms with Crippen LogP contribution in [0, 0.1) is 0 Å². The van der Waals surface area contributed by atoms with Crippen molar-refractivity contribution in [3.8, 4) is 0 Å². The molecule has 0 aromatic carbocycles. The van der Waals surface area contributed by atoms with Gasteiger partial charge in [0.25, 0.3) is 0 Å². The number of rotatable bonds is 21. The largest absolute Gasteiger partial charge is 1.00 e. The third-order valence-corrected chi connectivity index (χ3v) is 10.3. The smallest absolute Gasteiger partial charge is 0.0591 e. The van der Waals surface area contributed by atoms with Gasteiger partial charge in [0.15, 0.2) is 0 Å². The van der Waals surface area contributed by atoms with Crippen LogP contribution in [0.15, 0.2) is 0 Å². The first kappa shape index (κ1) is 29.9. The van der Waals surface area contributed by atoms with Gasteiger partial charge in [-0.15, -0.1) is 0 Å². The van der Waals surface area contributed by atoms with Gasteiger partial charge < -0.3 is 12.4 Å². The van der Waals surface area contributed by atoms with Crippen molar-refractivity contribution in [2.24, 2.45) is 0 Å². The van der Waals surface area contributed by atoms with Crippen molar-refractivity contribution in [3.05, 3.63) is 0 Å². The highest BCUT2D eigenvalue weighted by atomic mass is 35.5. The Morgan fingerprint density at radius 3 is 0.852 bits per heavy atom. The lowest BCUT2D eigenvalue weighted by Crippen LogP contribution is -3.00. The van der Waals surface area contributed by atoms with Gasteiger partial charge in [-0.2, -0.15) is 0 Å². The molecule has 0 nitrogen and oxygen atoms in total. The van der Waals surface area contributed by atoms with Gasteiger partial charge in [0.05, 0.1) is 18.5 Å². The fourth-order valence-electron chi connectivity index (χ4n) is 4.16. The van der Waals surface area contributed by atoms with Gasteiger partial charge in [0.1, 0.15) is 0 Å². The zero-order chi connectivity index (χ0) is 19.3. The van der Waals surface area contributed by atoms with Crippen LogP contribution in [0.25, 0.3) is 0 Å². The first-order chi connectivity index (χ1) is 12.7. The highest BCUT2D eigenvalue weighted by Crippen LogP contribution is 2.57. The lowest BCUT2D eigenvalue weighted by Gasteiger charge is -2.24. The van der Waals surface area contributed by atoms with E-state index < -0.39 is 7.26 Å². The molecule has 0 aliphatic carbocycles. The van der Waals surface area contributed by atoms with Crippen molar-refractivity contribution in [1.82, 2.24) is 0 Å². The molecule has 0 amide bonds. The molecule has 0 aliphatic rings. The molecule has 0 saturated heterocycles. The minimum atomic E-state index is -0.636. The van der Waals surface area contributed by atoms with Gasteiger partial charge >= 0.3 is 0 Å². The predicted octanol–water partition coefficient (Wildman–Crippen LogP) is 6.72. The molecule has 0 aliphatic heterocycles. The molecular formula is C25H54ClP. The molecule has 0 fully saturated rings. The summed E-state index contributed by atoms with van der Waals surface area (Å²) < 4.78 is 0. The van der Waals surface area contributed by atoms with Gasteiger partial charge in [-0.1, -0.05) is 97.8 Å². The Kier molecular flexibility index (Phi) is 25.5. The van der Waals surface area contributed by atoms with E-state index in [2.05, 4.69) is 27.4 Å². The molecule has 0 bridgehead atoms. The van der Waals surface area contributed by atoms with Crippen LogP contribution < -0.4 is 12.4 Å². The number of unbranched alkanes of at least 4 members (excludes halogenated alkanes) is 15. The number of halogens is 1. The summed E-state index contributed by atoms with van der Waals surface area (Å²) in [6, 6.07) is 0. The summed E-state index contributed by atoms with van der Waals surface area (Å²) in [5.74, 6) is 0. The molecule has 0 rings (SSSR count). The lowest BCUT2D eigenvalue weighted by molar-refractivity contribution is -0.00000604. The maximum absolute atomic E-state index is 2.73. The predicted molar refractivity (Wildman–Crippen MR) is 128 cm³/mol. The fraction of sp³-hybridized carbons (Fsp3) is 1.00. The first-order valence-corrected chi connectivity index (χ1v) is 15.3. The second kappa shape index (κ2) is 23.0. The fourth-order valence-corrected chi connectivity index (χ4v) is 7.79. The SMILES string of the molecule is CCCCCCCC[P+](C)(CCCCCCCC)CCCCCCCC.[Cl-]. The van der Waals surface area contributed by atoms with Gasteiger partial charge in [-0.05, 0) is 38.5 Å². The summed E-state index contributed by atoms with van der Waals surface area (Å²) in [7, 11) is -0.636. The molecule has 2 heteroatoms. The Bertz CT molecular complexity index is 226. The van der Waals surface area contributed by atoms with E-state index in [1.54, 1.807) is 18.5 Å². The summed E-state index contributed by atoms with van der Waals surface area (Å²) >= 11 is 0. The minimum absolute atomic E-state index is 0. The standard InChI is InChI=1S/C25H54P.ClH/c1-5-8-11-14-17-20-23-26(4,24-21-18-15-12-9-6-2)25-22-19-16-13-10-7-3;/h5-25H2,1-4H3;1H/q+1;/p-1. The zero-order valence-corrected chi connectivity index (χ0v) is 21.3. The van der Waals surface area contributed by atoms with Crippen molar-refractivity contribution < 1.29 is 12.4 Å². The van der Waals surface area contributed by atoms with E-state index >= 15 is 0 Å². The molecule has 166 valence electrons. The van der Waals surface area contributed by atoms with Crippen molar-refractivity contribution in [2.45, 2.75) is 136 Å². The van der Waals surface area contributed by atoms with Gasteiger partial charge in [-0.25, -0.2) is 0 Å². The summed E-state index contributed by atoms with van der Waals surface area (Å²) in [6.07, 6.45) is 31.2. The van der Waals surface area contributed by atoms with Crippen molar-refractivity contribution >= 4 is 7.26 Å². The number of hydrogen-bond donors (Lipinski definition) is 0. The van der Waals surface area contributed by atoms with E-state index in [0.29, 0.717) is 0 Å². The Morgan fingerprint density at radius 2 is 0.593 bits per heavy atom. The maximum atomic E-state index is 2.73. The maximum Gasteiger partial charge on any atom is 0.0591 e. The van der Waals surface area contributed by atoms with Crippen LogP contribution in [0.3, 0.4) is 0 Å². The van der Waals surface area contributed by atoms with E-state index in [9.17, 15) is 0 Å². The average molecular weight is 421 g/mol. The summed E-state index contributed by atoms with van der Waals surface area (Å²) in [5.41, 5.74) is 0. The molecule has 0 saturated carbocycles. The van der Waals surface area contributed by atoms with Crippen LogP contribution in [0.2, 0.25) is 0 Å². The minimum Gasteiger partial charge on any atom is -1.00 e. The monoisotopic (exact) mass is 420 g/mol. The van der Waals surface area contributed by atoms with Gasteiger partial charge in [0.2, 0.25) is 0 Å². The van der Waals surface area contributed by atoms with E-state index in [1.807, 2.05) is 0 Å². The van der Waals surface area contributed by atoms with Gasteiger partial charge in [-0.3, -0.25) is 0 Å². The zero-order valence-electron chi connectivity index (χ0n) is 19.7. The summed E-state index contributed by atoms with van der Waals surface area (Å²) in [5, 5.41) is 0. The Balaban J connectivity index is 0. The lowest BCUT2D eigenvalue weighted by atomic mass is 10.1. The van der Waals surface area contributed by atoms with Crippen molar-refractivity contribution in [3.63, 3.8) is 0 Å². The van der Waals surface area contributed by atoms with Crippen molar-refractivity contribution in [2.75, 3.05) is 25.2 Å². The highest BCUT2D eigenvalue weighted by Gasteiger charge is 2.29. The van der Waals surface area contributed by atoms with Crippen LogP contribution in [0.1, 0.15) is 136 Å². The van der Waals surface area contributed by atoms with E-state index in [4.69, 9.17) is 0 Å². The topological polar surface area (TPSA) is 0 Å². The first-order valence-electron chi connectivity index (χ1n) is 12.5. The van der Waals surface area contributed by atoms with Gasteiger partial charge in [0, 0.05) is 13.9 Å². The molecule has 0 aromatic rings. The number of hydrogen-bond acceptors (Lipinski definition) is 0. The third kappa shape index (κ3) is 21.2. The molecule has 0 N–H and O–H groups in total. The van der Waals surface area contributed by atoms with E-state index in [-0.39, 0.29) is 12.4 Å². The van der Waals surface area contributed by atoms with Crippen LogP contribution in [0.4, 0.5) is 0 Å². The van der Waals surface area contributed by atoms with Crippen LogP contribution in [0.5, 0.6) is 0 Å². The Morgan fingerprint density at radius 1 is 0.370 bits per heavy atom. The normalized spacial score (nSPS) is 11.6. The summed E-state index contributed by atoms with van der Waals surface area (Å²) in [4.78, 5) is 0. The second-order valence-corrected chi connectivity index (χ2v) is 13.7. The quantitative estimate of drug-likeness (QED) is 0.143. The molecule has 27 heavy (non-hydrogen) atoms. The molecule has 0 unspecified atom stereocenters. The van der Waals surface area contributed by atoms with E-state index in [1.165, 1.54) is 116 Å². The van der Waals surface area contributed by atoms with Crippen molar-refractivity contribution in [1.29, 1.82) is 0 Å². The molecule has 0 spiro atoms. The highest BCUT2D eigenvalue weighted by molar-refractivity contribution is 7.75. The average Bonchev–Trinajstić information content (AvgIpc) is 2.64. The van der Waals surface area contributed by atoms with Crippen LogP contribution in [-0.4, -0.2) is 25.2 Å². The third-order valence-electron chi connectivity index (χ3n) is 6.15. The Hall–Kier alpha value is 0.720. The molecule has 0 atom stereocenters. The summed E-state index contributed by atoms with van der Waals surface area (Å²) in [6.45, 7) is 9.70. The molecule has 0 radical (unpaired) electrons. The van der Waals surface area contributed by atoms with E-state index in [0.717, 1.165) is 0 Å². The van der Waals surface area contributed by atoms with Crippen LogP contribution in [-0.2, 0) is 0 Å². The molecule has 0 aromatic heterocycles. The Labute approximate surface area is 181 Å². The molecule has 0 heterocycles. The molecular weight excluding hydrogens is 367 g/mol. The second-order valence-electron chi connectivity index (χ2n) is 9.09. The van der Waals surface area contributed by atoms with Crippen LogP contribution >= 0.6 is 7.26 Å².